The summed E-state index contributed by atoms with van der Waals surface area (Å²) in [5.41, 5.74) is 1.02. The minimum Gasteiger partial charge on any atom is -0.257 e. The van der Waals surface area contributed by atoms with E-state index < -0.39 is 11.1 Å². The van der Waals surface area contributed by atoms with E-state index in [0.29, 0.717) is 5.84 Å². The number of aryl methyl sites for hydroxylation is 1. The molecule has 0 saturated carbocycles. The maximum absolute atomic E-state index is 12.8. The predicted molar refractivity (Wildman–Crippen MR) is 82.3 cm³/mol. The van der Waals surface area contributed by atoms with Gasteiger partial charge in [0.05, 0.1) is 16.5 Å². The molecule has 0 fully saturated rings. The van der Waals surface area contributed by atoms with E-state index in [4.69, 9.17) is 4.99 Å². The van der Waals surface area contributed by atoms with Crippen molar-refractivity contribution < 1.29 is 9.77 Å². The van der Waals surface area contributed by atoms with Crippen LogP contribution in [-0.4, -0.2) is 22.0 Å². The van der Waals surface area contributed by atoms with Crippen LogP contribution in [0.3, 0.4) is 0 Å². The van der Waals surface area contributed by atoms with Crippen molar-refractivity contribution >= 4 is 16.7 Å². The Kier molecular flexibility index (Phi) is 2.85. The molecule has 0 saturated heterocycles. The van der Waals surface area contributed by atoms with Gasteiger partial charge < -0.3 is 0 Å². The second kappa shape index (κ2) is 4.28. The lowest BCUT2D eigenvalue weighted by Crippen LogP contribution is -2.50. The second-order valence-corrected chi connectivity index (χ2v) is 6.71. The summed E-state index contributed by atoms with van der Waals surface area (Å²) < 4.78 is 2.06. The fraction of sp³-hybridized carbons (Fsp3) is 0.412. The molecule has 0 bridgehead atoms. The highest BCUT2D eigenvalue weighted by atomic mass is 16.5. The van der Waals surface area contributed by atoms with Gasteiger partial charge in [0.2, 0.25) is 5.52 Å². The number of fused-ring (bicyclic) bond motifs is 1. The molecule has 0 atom stereocenters. The highest BCUT2D eigenvalue weighted by Crippen LogP contribution is 2.38. The molecule has 1 aromatic heterocycles. The molecule has 0 aliphatic carbocycles. The molecule has 1 radical (unpaired) electrons. The number of rotatable bonds is 1. The highest BCUT2D eigenvalue weighted by Gasteiger charge is 2.50. The van der Waals surface area contributed by atoms with Crippen molar-refractivity contribution in [1.29, 1.82) is 0 Å². The maximum Gasteiger partial charge on any atom is 0.212 e. The smallest absolute Gasteiger partial charge is 0.212 e. The van der Waals surface area contributed by atoms with Crippen LogP contribution >= 0.6 is 0 Å². The van der Waals surface area contributed by atoms with E-state index in [1.807, 2.05) is 65.2 Å². The monoisotopic (exact) mass is 283 g/mol. The van der Waals surface area contributed by atoms with Crippen molar-refractivity contribution in [2.45, 2.75) is 38.8 Å². The summed E-state index contributed by atoms with van der Waals surface area (Å²) in [6, 6.07) is 10.0. The molecule has 1 aliphatic rings. The average molecular weight is 283 g/mol. The average Bonchev–Trinajstić information content (AvgIpc) is 2.59. The van der Waals surface area contributed by atoms with Gasteiger partial charge in [-0.3, -0.25) is 4.99 Å². The van der Waals surface area contributed by atoms with Crippen molar-refractivity contribution in [3.63, 3.8) is 0 Å². The zero-order valence-electron chi connectivity index (χ0n) is 13.2. The fourth-order valence-corrected chi connectivity index (χ4v) is 2.71. The molecule has 1 aromatic carbocycles. The highest BCUT2D eigenvalue weighted by molar-refractivity contribution is 6.09. The number of hydroxylamine groups is 2. The van der Waals surface area contributed by atoms with Gasteiger partial charge in [0.15, 0.2) is 12.0 Å². The van der Waals surface area contributed by atoms with Crippen molar-refractivity contribution in [3.8, 4) is 0 Å². The third kappa shape index (κ3) is 1.86. The summed E-state index contributed by atoms with van der Waals surface area (Å²) in [5.74, 6) is 0.529. The number of nitrogens with zero attached hydrogens (tertiary/aromatic N) is 3. The van der Waals surface area contributed by atoms with Gasteiger partial charge in [0.1, 0.15) is 7.05 Å². The Balaban J connectivity index is 2.26. The van der Waals surface area contributed by atoms with Crippen LogP contribution in [0.25, 0.3) is 10.9 Å². The van der Waals surface area contributed by atoms with Crippen molar-refractivity contribution in [2.75, 3.05) is 0 Å². The third-order valence-electron chi connectivity index (χ3n) is 4.86. The minimum atomic E-state index is -0.554. The molecule has 21 heavy (non-hydrogen) atoms. The second-order valence-electron chi connectivity index (χ2n) is 6.71. The van der Waals surface area contributed by atoms with Gasteiger partial charge in [0.25, 0.3) is 0 Å². The summed E-state index contributed by atoms with van der Waals surface area (Å²) in [6.07, 6.45) is 2.01. The topological polar surface area (TPSA) is 39.4 Å². The molecule has 1 aliphatic heterocycles. The Hall–Kier alpha value is -1.94. The Morgan fingerprint density at radius 1 is 1.10 bits per heavy atom. The fourth-order valence-electron chi connectivity index (χ4n) is 2.71. The Morgan fingerprint density at radius 2 is 1.81 bits per heavy atom. The lowest BCUT2D eigenvalue weighted by atomic mass is 9.84. The minimum absolute atomic E-state index is 0.413. The number of aromatic nitrogens is 1. The largest absolute Gasteiger partial charge is 0.257 e. The summed E-state index contributed by atoms with van der Waals surface area (Å²) in [7, 11) is 2.01. The summed E-state index contributed by atoms with van der Waals surface area (Å²) in [4.78, 5) is 4.73. The lowest BCUT2D eigenvalue weighted by Gasteiger charge is -2.35. The molecule has 2 aromatic rings. The van der Waals surface area contributed by atoms with Crippen molar-refractivity contribution in [1.82, 2.24) is 5.06 Å². The van der Waals surface area contributed by atoms with E-state index in [-0.39, 0.29) is 0 Å². The molecule has 0 amide bonds. The number of benzene rings is 1. The van der Waals surface area contributed by atoms with Crippen LogP contribution in [0, 0.1) is 0 Å². The quantitative estimate of drug-likeness (QED) is 0.742. The molecule has 109 valence electrons. The molecular weight excluding hydrogens is 262 g/mol. The Labute approximate surface area is 125 Å². The lowest BCUT2D eigenvalue weighted by molar-refractivity contribution is -0.644. The van der Waals surface area contributed by atoms with Crippen molar-refractivity contribution in [3.05, 3.63) is 42.1 Å². The van der Waals surface area contributed by atoms with Crippen LogP contribution in [0.2, 0.25) is 0 Å². The molecule has 4 nitrogen and oxygen atoms in total. The van der Waals surface area contributed by atoms with Gasteiger partial charge in [-0.15, -0.1) is 0 Å². The molecule has 0 N–H and O–H groups in total. The zero-order valence-corrected chi connectivity index (χ0v) is 13.2. The van der Waals surface area contributed by atoms with Crippen molar-refractivity contribution in [2.24, 2.45) is 12.0 Å². The molecule has 0 unspecified atom stereocenters. The van der Waals surface area contributed by atoms with E-state index >= 15 is 0 Å². The SMILES string of the molecule is C[n+]1cccc2c(C3=NC(C)(C)C(C)(C)N3[O])cccc21. The molecule has 4 heteroatoms. The van der Waals surface area contributed by atoms with Gasteiger partial charge in [-0.05, 0) is 33.8 Å². The van der Waals surface area contributed by atoms with Crippen LogP contribution in [0.15, 0.2) is 41.5 Å². The predicted octanol–water partition coefficient (Wildman–Crippen LogP) is 2.63. The zero-order chi connectivity index (χ0) is 15.4. The Bertz CT molecular complexity index is 747. The van der Waals surface area contributed by atoms with Gasteiger partial charge in [0, 0.05) is 17.7 Å². The van der Waals surface area contributed by atoms with Gasteiger partial charge >= 0.3 is 0 Å². The number of aliphatic imine (C=N–C) groups is 1. The molecular formula is C17H21N3O+. The summed E-state index contributed by atoms with van der Waals surface area (Å²) >= 11 is 0. The first kappa shape index (κ1) is 14.0. The van der Waals surface area contributed by atoms with E-state index in [2.05, 4.69) is 10.6 Å². The van der Waals surface area contributed by atoms with Gasteiger partial charge in [-0.1, -0.05) is 17.3 Å². The first-order chi connectivity index (χ1) is 9.75. The standard InChI is InChI=1S/C17H21N3O/c1-16(2)17(3,4)20(21)15(18-16)13-8-6-10-14-12(13)9-7-11-19(14)5/h6-11H,1-5H3/q+1. The van der Waals surface area contributed by atoms with Gasteiger partial charge in [-0.25, -0.2) is 4.57 Å². The third-order valence-corrected chi connectivity index (χ3v) is 4.86. The van der Waals surface area contributed by atoms with Crippen LogP contribution in [-0.2, 0) is 12.3 Å². The maximum atomic E-state index is 12.8. The number of pyridine rings is 1. The number of hydrogen-bond acceptors (Lipinski definition) is 2. The molecule has 2 heterocycles. The van der Waals surface area contributed by atoms with E-state index in [1.54, 1.807) is 0 Å². The van der Waals surface area contributed by atoms with E-state index in [0.717, 1.165) is 21.5 Å². The van der Waals surface area contributed by atoms with Crippen LogP contribution in [0.5, 0.6) is 0 Å². The van der Waals surface area contributed by atoms with Gasteiger partial charge in [-0.2, -0.15) is 5.06 Å². The van der Waals surface area contributed by atoms with E-state index in [1.165, 1.54) is 0 Å². The first-order valence-electron chi connectivity index (χ1n) is 7.21. The summed E-state index contributed by atoms with van der Waals surface area (Å²) in [6.45, 7) is 7.91. The molecule has 3 rings (SSSR count). The van der Waals surface area contributed by atoms with E-state index in [9.17, 15) is 5.21 Å². The van der Waals surface area contributed by atoms with Crippen LogP contribution in [0.4, 0.5) is 0 Å². The normalized spacial score (nSPS) is 19.9. The number of hydrogen-bond donors (Lipinski definition) is 0. The molecule has 0 spiro atoms. The number of amidine groups is 1. The van der Waals surface area contributed by atoms with Crippen LogP contribution < -0.4 is 4.57 Å². The van der Waals surface area contributed by atoms with Crippen LogP contribution in [0.1, 0.15) is 33.3 Å². The summed E-state index contributed by atoms with van der Waals surface area (Å²) in [5, 5.41) is 14.9. The Morgan fingerprint density at radius 3 is 2.43 bits per heavy atom. The first-order valence-corrected chi connectivity index (χ1v) is 7.21.